The zero-order valence-corrected chi connectivity index (χ0v) is 16.2. The Morgan fingerprint density at radius 1 is 1.00 bits per heavy atom. The second-order valence-corrected chi connectivity index (χ2v) is 6.04. The first-order valence-electron chi connectivity index (χ1n) is 9.13. The molecule has 0 spiro atoms. The summed E-state index contributed by atoms with van der Waals surface area (Å²) in [6, 6.07) is 12.5. The maximum Gasteiger partial charge on any atom is 0.191 e. The van der Waals surface area contributed by atoms with Gasteiger partial charge >= 0.3 is 0 Å². The van der Waals surface area contributed by atoms with Gasteiger partial charge in [-0.2, -0.15) is 0 Å². The van der Waals surface area contributed by atoms with E-state index in [1.54, 1.807) is 20.3 Å². The molecule has 2 rings (SSSR count). The molecule has 0 amide bonds. The van der Waals surface area contributed by atoms with Crippen LogP contribution in [0.2, 0.25) is 0 Å². The lowest BCUT2D eigenvalue weighted by Gasteiger charge is -2.12. The van der Waals surface area contributed by atoms with Crippen LogP contribution in [0, 0.1) is 5.82 Å². The Bertz CT molecular complexity index is 750. The van der Waals surface area contributed by atoms with Gasteiger partial charge in [-0.05, 0) is 55.2 Å². The fourth-order valence-electron chi connectivity index (χ4n) is 2.68. The van der Waals surface area contributed by atoms with Crippen molar-refractivity contribution < 1.29 is 13.9 Å². The monoisotopic (exact) mass is 373 g/mol. The lowest BCUT2D eigenvalue weighted by Crippen LogP contribution is -2.37. The van der Waals surface area contributed by atoms with E-state index in [0.29, 0.717) is 6.54 Å². The van der Waals surface area contributed by atoms with Crippen LogP contribution >= 0.6 is 0 Å². The SMILES string of the molecule is CCNC(=NCc1cccc(F)c1)NCCCc1ccc(OC)c(OC)c1. The third kappa shape index (κ3) is 6.81. The number of aliphatic imine (C=N–C) groups is 1. The van der Waals surface area contributed by atoms with Crippen LogP contribution in [0.4, 0.5) is 4.39 Å². The summed E-state index contributed by atoms with van der Waals surface area (Å²) in [5.74, 6) is 1.97. The molecule has 0 aliphatic heterocycles. The summed E-state index contributed by atoms with van der Waals surface area (Å²) in [5, 5.41) is 6.52. The van der Waals surface area contributed by atoms with Crippen LogP contribution in [0.5, 0.6) is 11.5 Å². The van der Waals surface area contributed by atoms with E-state index in [1.165, 1.54) is 17.7 Å². The van der Waals surface area contributed by atoms with E-state index in [4.69, 9.17) is 9.47 Å². The Morgan fingerprint density at radius 2 is 1.81 bits per heavy atom. The van der Waals surface area contributed by atoms with Crippen molar-refractivity contribution in [1.82, 2.24) is 10.6 Å². The van der Waals surface area contributed by atoms with E-state index < -0.39 is 0 Å². The van der Waals surface area contributed by atoms with E-state index in [2.05, 4.69) is 15.6 Å². The van der Waals surface area contributed by atoms with Crippen LogP contribution in [0.15, 0.2) is 47.5 Å². The number of hydrogen-bond acceptors (Lipinski definition) is 3. The smallest absolute Gasteiger partial charge is 0.191 e. The van der Waals surface area contributed by atoms with Crippen molar-refractivity contribution in [2.45, 2.75) is 26.3 Å². The van der Waals surface area contributed by atoms with Crippen LogP contribution in [-0.2, 0) is 13.0 Å². The molecule has 0 bridgehead atoms. The molecule has 0 aliphatic carbocycles. The minimum atomic E-state index is -0.240. The normalized spacial score (nSPS) is 11.2. The standard InChI is InChI=1S/C21H28FN3O2/c1-4-23-21(25-15-17-7-5-9-18(22)13-17)24-12-6-8-16-10-11-19(26-2)20(14-16)27-3/h5,7,9-11,13-14H,4,6,8,12,15H2,1-3H3,(H2,23,24,25). The van der Waals surface area contributed by atoms with Crippen molar-refractivity contribution in [2.24, 2.45) is 4.99 Å². The van der Waals surface area contributed by atoms with Gasteiger partial charge < -0.3 is 20.1 Å². The van der Waals surface area contributed by atoms with Gasteiger partial charge in [0.25, 0.3) is 0 Å². The average molecular weight is 373 g/mol. The van der Waals surface area contributed by atoms with Gasteiger partial charge in [-0.3, -0.25) is 0 Å². The Labute approximate surface area is 160 Å². The third-order valence-corrected chi connectivity index (χ3v) is 4.04. The largest absolute Gasteiger partial charge is 0.493 e. The van der Waals surface area contributed by atoms with E-state index in [0.717, 1.165) is 49.0 Å². The second kappa shape index (κ2) is 11.1. The molecule has 0 atom stereocenters. The minimum Gasteiger partial charge on any atom is -0.493 e. The summed E-state index contributed by atoms with van der Waals surface area (Å²) >= 11 is 0. The molecule has 2 aromatic rings. The lowest BCUT2D eigenvalue weighted by molar-refractivity contribution is 0.354. The van der Waals surface area contributed by atoms with Crippen LogP contribution in [0.1, 0.15) is 24.5 Å². The number of methoxy groups -OCH3 is 2. The lowest BCUT2D eigenvalue weighted by atomic mass is 10.1. The second-order valence-electron chi connectivity index (χ2n) is 6.04. The Kier molecular flexibility index (Phi) is 8.42. The van der Waals surface area contributed by atoms with Gasteiger partial charge in [0.2, 0.25) is 0 Å². The molecule has 0 aliphatic rings. The summed E-state index contributed by atoms with van der Waals surface area (Å²) in [7, 11) is 3.27. The summed E-state index contributed by atoms with van der Waals surface area (Å²) < 4.78 is 23.9. The molecule has 5 nitrogen and oxygen atoms in total. The fraction of sp³-hybridized carbons (Fsp3) is 0.381. The van der Waals surface area contributed by atoms with Gasteiger partial charge in [0, 0.05) is 13.1 Å². The Balaban J connectivity index is 1.84. The first kappa shape index (κ1) is 20.6. The molecule has 0 saturated carbocycles. The summed E-state index contributed by atoms with van der Waals surface area (Å²) in [6.45, 7) is 4.00. The highest BCUT2D eigenvalue weighted by molar-refractivity contribution is 5.79. The zero-order valence-electron chi connectivity index (χ0n) is 16.2. The van der Waals surface area contributed by atoms with Gasteiger partial charge in [0.1, 0.15) is 5.82 Å². The molecule has 0 saturated heterocycles. The van der Waals surface area contributed by atoms with Crippen molar-refractivity contribution in [3.8, 4) is 11.5 Å². The number of nitrogens with zero attached hydrogens (tertiary/aromatic N) is 1. The van der Waals surface area contributed by atoms with Gasteiger partial charge in [-0.15, -0.1) is 0 Å². The Morgan fingerprint density at radius 3 is 2.52 bits per heavy atom. The highest BCUT2D eigenvalue weighted by atomic mass is 19.1. The van der Waals surface area contributed by atoms with Crippen molar-refractivity contribution in [2.75, 3.05) is 27.3 Å². The molecule has 27 heavy (non-hydrogen) atoms. The molecule has 2 N–H and O–H groups in total. The average Bonchev–Trinajstić information content (AvgIpc) is 2.69. The van der Waals surface area contributed by atoms with Gasteiger partial charge in [0.05, 0.1) is 20.8 Å². The quantitative estimate of drug-likeness (QED) is 0.401. The molecule has 0 fully saturated rings. The highest BCUT2D eigenvalue weighted by Crippen LogP contribution is 2.27. The maximum atomic E-state index is 13.3. The van der Waals surface area contributed by atoms with Crippen molar-refractivity contribution in [1.29, 1.82) is 0 Å². The van der Waals surface area contributed by atoms with Crippen LogP contribution in [0.25, 0.3) is 0 Å². The molecule has 0 radical (unpaired) electrons. The number of hydrogen-bond donors (Lipinski definition) is 2. The van der Waals surface area contributed by atoms with Crippen LogP contribution < -0.4 is 20.1 Å². The highest BCUT2D eigenvalue weighted by Gasteiger charge is 2.05. The molecule has 0 aromatic heterocycles. The summed E-state index contributed by atoms with van der Waals surface area (Å²) in [5.41, 5.74) is 2.04. The molecule has 0 heterocycles. The zero-order chi connectivity index (χ0) is 19.5. The number of nitrogens with one attached hydrogen (secondary N) is 2. The third-order valence-electron chi connectivity index (χ3n) is 4.04. The van der Waals surface area contributed by atoms with E-state index in [1.807, 2.05) is 31.2 Å². The number of rotatable bonds is 9. The first-order chi connectivity index (χ1) is 13.2. The molecule has 2 aromatic carbocycles. The molecular formula is C21H28FN3O2. The van der Waals surface area contributed by atoms with Gasteiger partial charge in [-0.25, -0.2) is 9.38 Å². The summed E-state index contributed by atoms with van der Waals surface area (Å²) in [4.78, 5) is 4.51. The van der Waals surface area contributed by atoms with Crippen molar-refractivity contribution >= 4 is 5.96 Å². The Hall–Kier alpha value is -2.76. The van der Waals surface area contributed by atoms with Crippen LogP contribution in [-0.4, -0.2) is 33.3 Å². The number of ether oxygens (including phenoxy) is 2. The maximum absolute atomic E-state index is 13.3. The van der Waals surface area contributed by atoms with Crippen molar-refractivity contribution in [3.05, 3.63) is 59.4 Å². The number of benzene rings is 2. The molecular weight excluding hydrogens is 345 g/mol. The molecule has 146 valence electrons. The topological polar surface area (TPSA) is 54.9 Å². The van der Waals surface area contributed by atoms with Crippen LogP contribution in [0.3, 0.4) is 0 Å². The number of halogens is 1. The van der Waals surface area contributed by atoms with Crippen molar-refractivity contribution in [3.63, 3.8) is 0 Å². The predicted molar refractivity (Wildman–Crippen MR) is 107 cm³/mol. The molecule has 0 unspecified atom stereocenters. The molecule has 6 heteroatoms. The predicted octanol–water partition coefficient (Wildman–Crippen LogP) is 3.53. The van der Waals surface area contributed by atoms with Gasteiger partial charge in [-0.1, -0.05) is 18.2 Å². The van der Waals surface area contributed by atoms with Gasteiger partial charge in [0.15, 0.2) is 17.5 Å². The van der Waals surface area contributed by atoms with E-state index in [-0.39, 0.29) is 5.82 Å². The first-order valence-corrected chi connectivity index (χ1v) is 9.13. The number of guanidine groups is 1. The minimum absolute atomic E-state index is 0.240. The number of aryl methyl sites for hydroxylation is 1. The fourth-order valence-corrected chi connectivity index (χ4v) is 2.68. The van der Waals surface area contributed by atoms with E-state index in [9.17, 15) is 4.39 Å². The van der Waals surface area contributed by atoms with E-state index >= 15 is 0 Å². The summed E-state index contributed by atoms with van der Waals surface area (Å²) in [6.07, 6.45) is 1.86.